The molecule has 0 radical (unpaired) electrons. The zero-order chi connectivity index (χ0) is 16.9. The van der Waals surface area contributed by atoms with Crippen LogP contribution in [-0.4, -0.2) is 21.2 Å². The second-order valence-electron chi connectivity index (χ2n) is 5.41. The minimum absolute atomic E-state index is 0.0575. The summed E-state index contributed by atoms with van der Waals surface area (Å²) in [5.41, 5.74) is 2.79. The van der Waals surface area contributed by atoms with Gasteiger partial charge in [-0.2, -0.15) is 0 Å². The van der Waals surface area contributed by atoms with Crippen LogP contribution in [0.4, 0.5) is 0 Å². The van der Waals surface area contributed by atoms with Crippen molar-refractivity contribution in [1.82, 2.24) is 10.2 Å². The zero-order valence-corrected chi connectivity index (χ0v) is 14.4. The van der Waals surface area contributed by atoms with Crippen LogP contribution >= 0.6 is 11.8 Å². The molecule has 122 valence electrons. The lowest BCUT2D eigenvalue weighted by atomic mass is 10.1. The molecule has 3 aromatic rings. The normalized spacial score (nSPS) is 12.1. The van der Waals surface area contributed by atoms with Gasteiger partial charge in [0.1, 0.15) is 0 Å². The number of carbonyl (C=O) groups excluding carboxylic acids is 1. The zero-order valence-electron chi connectivity index (χ0n) is 13.6. The molecular formula is C19H18N2O2S. The summed E-state index contributed by atoms with van der Waals surface area (Å²) in [5.74, 6) is 0.521. The number of carbonyl (C=O) groups is 1. The molecule has 3 rings (SSSR count). The third-order valence-electron chi connectivity index (χ3n) is 3.72. The summed E-state index contributed by atoms with van der Waals surface area (Å²) in [6, 6.07) is 17.3. The van der Waals surface area contributed by atoms with E-state index in [-0.39, 0.29) is 11.0 Å². The Balaban J connectivity index is 1.69. The lowest BCUT2D eigenvalue weighted by Gasteiger charge is -2.08. The van der Waals surface area contributed by atoms with Crippen LogP contribution < -0.4 is 0 Å². The predicted octanol–water partition coefficient (Wildman–Crippen LogP) is 4.66. The molecule has 0 saturated heterocycles. The number of hydrogen-bond donors (Lipinski definition) is 0. The van der Waals surface area contributed by atoms with E-state index in [1.165, 1.54) is 17.3 Å². The molecule has 4 nitrogen and oxygen atoms in total. The van der Waals surface area contributed by atoms with Gasteiger partial charge < -0.3 is 4.42 Å². The third kappa shape index (κ3) is 3.74. The highest BCUT2D eigenvalue weighted by molar-refractivity contribution is 8.00. The molecule has 0 saturated carbocycles. The van der Waals surface area contributed by atoms with Gasteiger partial charge in [0, 0.05) is 11.1 Å². The minimum Gasteiger partial charge on any atom is -0.411 e. The number of benzene rings is 2. The quantitative estimate of drug-likeness (QED) is 0.483. The molecule has 0 N–H and O–H groups in total. The standard InChI is InChI=1S/C19H18N2O2S/c1-3-14-9-11-15(12-10-14)17(22)13(2)24-19-21-20-18(23-19)16-7-5-4-6-8-16/h4-13H,3H2,1-2H3/t13-/m0/s1. The lowest BCUT2D eigenvalue weighted by Crippen LogP contribution is -2.13. The number of hydrogen-bond acceptors (Lipinski definition) is 5. The van der Waals surface area contributed by atoms with Gasteiger partial charge in [-0.3, -0.25) is 4.79 Å². The van der Waals surface area contributed by atoms with Crippen LogP contribution in [0, 0.1) is 0 Å². The topological polar surface area (TPSA) is 56.0 Å². The Kier molecular flexibility index (Phi) is 5.11. The molecule has 0 amide bonds. The monoisotopic (exact) mass is 338 g/mol. The molecule has 1 aromatic heterocycles. The van der Waals surface area contributed by atoms with E-state index in [1.807, 2.05) is 61.5 Å². The van der Waals surface area contributed by atoms with Crippen molar-refractivity contribution in [3.8, 4) is 11.5 Å². The van der Waals surface area contributed by atoms with Crippen LogP contribution in [0.25, 0.3) is 11.5 Å². The van der Waals surface area contributed by atoms with Crippen molar-refractivity contribution in [2.24, 2.45) is 0 Å². The molecule has 24 heavy (non-hydrogen) atoms. The average molecular weight is 338 g/mol. The van der Waals surface area contributed by atoms with Crippen molar-refractivity contribution in [2.75, 3.05) is 0 Å². The highest BCUT2D eigenvalue weighted by atomic mass is 32.2. The molecule has 0 aliphatic heterocycles. The summed E-state index contributed by atoms with van der Waals surface area (Å²) >= 11 is 1.28. The van der Waals surface area contributed by atoms with Gasteiger partial charge >= 0.3 is 0 Å². The molecule has 2 aromatic carbocycles. The van der Waals surface area contributed by atoms with E-state index < -0.39 is 0 Å². The van der Waals surface area contributed by atoms with Crippen LogP contribution in [0.3, 0.4) is 0 Å². The molecule has 0 aliphatic rings. The van der Waals surface area contributed by atoms with Crippen LogP contribution in [0.2, 0.25) is 0 Å². The fourth-order valence-electron chi connectivity index (χ4n) is 2.30. The van der Waals surface area contributed by atoms with E-state index in [9.17, 15) is 4.79 Å². The molecule has 1 atom stereocenters. The Hall–Kier alpha value is -2.40. The molecular weight excluding hydrogens is 320 g/mol. The van der Waals surface area contributed by atoms with Gasteiger partial charge in [-0.15, -0.1) is 10.2 Å². The van der Waals surface area contributed by atoms with E-state index in [0.29, 0.717) is 16.7 Å². The largest absolute Gasteiger partial charge is 0.411 e. The number of nitrogens with zero attached hydrogens (tertiary/aromatic N) is 2. The fraction of sp³-hybridized carbons (Fsp3) is 0.211. The molecule has 0 unspecified atom stereocenters. The summed E-state index contributed by atoms with van der Waals surface area (Å²) in [4.78, 5) is 12.5. The maximum atomic E-state index is 12.5. The van der Waals surface area contributed by atoms with E-state index in [2.05, 4.69) is 17.1 Å². The number of aromatic nitrogens is 2. The first-order valence-electron chi connectivity index (χ1n) is 7.86. The lowest BCUT2D eigenvalue weighted by molar-refractivity contribution is 0.0993. The maximum absolute atomic E-state index is 12.5. The van der Waals surface area contributed by atoms with Gasteiger partial charge in [0.2, 0.25) is 5.89 Å². The minimum atomic E-state index is -0.290. The summed E-state index contributed by atoms with van der Waals surface area (Å²) < 4.78 is 5.65. The van der Waals surface area contributed by atoms with Crippen LogP contribution in [-0.2, 0) is 6.42 Å². The first-order valence-corrected chi connectivity index (χ1v) is 8.74. The Morgan fingerprint density at radius 3 is 2.46 bits per heavy atom. The van der Waals surface area contributed by atoms with Gasteiger partial charge in [0.05, 0.1) is 5.25 Å². The second kappa shape index (κ2) is 7.45. The highest BCUT2D eigenvalue weighted by Crippen LogP contribution is 2.27. The summed E-state index contributed by atoms with van der Waals surface area (Å²) in [6.07, 6.45) is 0.961. The smallest absolute Gasteiger partial charge is 0.277 e. The van der Waals surface area contributed by atoms with Gasteiger partial charge in [-0.25, -0.2) is 0 Å². The Bertz CT molecular complexity index is 813. The van der Waals surface area contributed by atoms with Gasteiger partial charge in [-0.1, -0.05) is 61.2 Å². The van der Waals surface area contributed by atoms with Crippen molar-refractivity contribution >= 4 is 17.5 Å². The van der Waals surface area contributed by atoms with Crippen LogP contribution in [0.15, 0.2) is 64.2 Å². The Morgan fingerprint density at radius 1 is 1.08 bits per heavy atom. The van der Waals surface area contributed by atoms with Crippen molar-refractivity contribution in [3.05, 3.63) is 65.7 Å². The first-order chi connectivity index (χ1) is 11.7. The van der Waals surface area contributed by atoms with Crippen LogP contribution in [0.5, 0.6) is 0 Å². The fourth-order valence-corrected chi connectivity index (χ4v) is 3.06. The number of aryl methyl sites for hydroxylation is 1. The van der Waals surface area contributed by atoms with Crippen molar-refractivity contribution < 1.29 is 9.21 Å². The van der Waals surface area contributed by atoms with Gasteiger partial charge in [0.25, 0.3) is 5.22 Å². The molecule has 0 fully saturated rings. The van der Waals surface area contributed by atoms with Gasteiger partial charge in [-0.05, 0) is 31.0 Å². The van der Waals surface area contributed by atoms with Gasteiger partial charge in [0.15, 0.2) is 5.78 Å². The van der Waals surface area contributed by atoms with E-state index >= 15 is 0 Å². The van der Waals surface area contributed by atoms with E-state index in [0.717, 1.165) is 12.0 Å². The molecule has 0 spiro atoms. The number of Topliss-reactive ketones (excluding diaryl/α,β-unsaturated/α-hetero) is 1. The third-order valence-corrected chi connectivity index (χ3v) is 4.65. The Labute approximate surface area is 145 Å². The predicted molar refractivity (Wildman–Crippen MR) is 95.2 cm³/mol. The number of rotatable bonds is 6. The first kappa shape index (κ1) is 16.5. The molecule has 0 aliphatic carbocycles. The summed E-state index contributed by atoms with van der Waals surface area (Å²) in [7, 11) is 0. The molecule has 0 bridgehead atoms. The highest BCUT2D eigenvalue weighted by Gasteiger charge is 2.20. The van der Waals surface area contributed by atoms with E-state index in [1.54, 1.807) is 0 Å². The number of ketones is 1. The summed E-state index contributed by atoms with van der Waals surface area (Å²) in [5, 5.41) is 8.19. The second-order valence-corrected chi connectivity index (χ2v) is 6.71. The summed E-state index contributed by atoms with van der Waals surface area (Å²) in [6.45, 7) is 3.95. The van der Waals surface area contributed by atoms with Crippen molar-refractivity contribution in [2.45, 2.75) is 30.7 Å². The number of thioether (sulfide) groups is 1. The average Bonchev–Trinajstić information content (AvgIpc) is 3.10. The molecule has 5 heteroatoms. The SMILES string of the molecule is CCc1ccc(C(=O)[C@H](C)Sc2nnc(-c3ccccc3)o2)cc1. The van der Waals surface area contributed by atoms with Crippen molar-refractivity contribution in [1.29, 1.82) is 0 Å². The van der Waals surface area contributed by atoms with Crippen LogP contribution in [0.1, 0.15) is 29.8 Å². The maximum Gasteiger partial charge on any atom is 0.277 e. The molecule has 1 heterocycles. The Morgan fingerprint density at radius 2 is 1.79 bits per heavy atom. The van der Waals surface area contributed by atoms with Crippen molar-refractivity contribution in [3.63, 3.8) is 0 Å². The van der Waals surface area contributed by atoms with E-state index in [4.69, 9.17) is 4.42 Å².